The van der Waals surface area contributed by atoms with E-state index in [1.54, 1.807) is 31.3 Å². The Morgan fingerprint density at radius 1 is 1.38 bits per heavy atom. The zero-order valence-electron chi connectivity index (χ0n) is 13.4. The van der Waals surface area contributed by atoms with E-state index in [0.29, 0.717) is 23.9 Å². The van der Waals surface area contributed by atoms with E-state index in [-0.39, 0.29) is 29.4 Å². The van der Waals surface area contributed by atoms with Gasteiger partial charge < -0.3 is 15.0 Å². The first-order valence-electron chi connectivity index (χ1n) is 7.57. The Balaban J connectivity index is 1.76. The van der Waals surface area contributed by atoms with E-state index in [4.69, 9.17) is 4.74 Å². The number of fused-ring (bicyclic) bond motifs is 1. The number of likely N-dealkylation sites (tertiary alicyclic amines) is 1. The summed E-state index contributed by atoms with van der Waals surface area (Å²) >= 11 is 0. The molecule has 0 unspecified atom stereocenters. The highest BCUT2D eigenvalue weighted by Gasteiger charge is 2.36. The summed E-state index contributed by atoms with van der Waals surface area (Å²) < 4.78 is 4.75. The number of nitrogens with one attached hydrogen (secondary N) is 2. The average Bonchev–Trinajstić information content (AvgIpc) is 2.94. The van der Waals surface area contributed by atoms with E-state index in [1.165, 1.54) is 7.11 Å². The fourth-order valence-corrected chi connectivity index (χ4v) is 2.96. The summed E-state index contributed by atoms with van der Waals surface area (Å²) in [6.07, 6.45) is 0.451. The van der Waals surface area contributed by atoms with Crippen molar-refractivity contribution in [1.82, 2.24) is 20.2 Å². The van der Waals surface area contributed by atoms with Gasteiger partial charge in [-0.2, -0.15) is 0 Å². The number of aromatic amines is 1. The standard InChI is InChI=1S/C16H18N4O4/c1-20-8-9(7-12(20)16(23)24-2)17-15(22)13-18-11-6-4-3-5-10(11)14(21)19-13/h3-6,9,12H,7-8H2,1-2H3,(H,17,22)(H,18,19,21)/t9-,12+/m1/s1. The zero-order chi connectivity index (χ0) is 17.3. The molecule has 1 aromatic heterocycles. The molecule has 8 nitrogen and oxygen atoms in total. The Morgan fingerprint density at radius 2 is 2.12 bits per heavy atom. The molecular formula is C16H18N4O4. The maximum atomic E-state index is 12.4. The van der Waals surface area contributed by atoms with Crippen molar-refractivity contribution in [3.8, 4) is 0 Å². The number of amides is 1. The molecule has 1 fully saturated rings. The number of carbonyl (C=O) groups is 2. The van der Waals surface area contributed by atoms with E-state index in [9.17, 15) is 14.4 Å². The summed E-state index contributed by atoms with van der Waals surface area (Å²) in [6.45, 7) is 0.517. The average molecular weight is 330 g/mol. The van der Waals surface area contributed by atoms with Crippen molar-refractivity contribution in [1.29, 1.82) is 0 Å². The number of hydrogen-bond donors (Lipinski definition) is 2. The first kappa shape index (κ1) is 16.1. The molecule has 1 aliphatic heterocycles. The molecule has 1 aliphatic rings. The van der Waals surface area contributed by atoms with Crippen LogP contribution in [-0.4, -0.2) is 59.5 Å². The van der Waals surface area contributed by atoms with Crippen molar-refractivity contribution in [3.63, 3.8) is 0 Å². The number of ether oxygens (including phenoxy) is 1. The number of nitrogens with zero attached hydrogens (tertiary/aromatic N) is 2. The highest BCUT2D eigenvalue weighted by Crippen LogP contribution is 2.17. The normalized spacial score (nSPS) is 20.9. The lowest BCUT2D eigenvalue weighted by molar-refractivity contribution is -0.145. The highest BCUT2D eigenvalue weighted by molar-refractivity contribution is 5.92. The van der Waals surface area contributed by atoms with Crippen LogP contribution in [0.5, 0.6) is 0 Å². The lowest BCUT2D eigenvalue weighted by Crippen LogP contribution is -2.38. The second kappa shape index (κ2) is 6.40. The Morgan fingerprint density at radius 3 is 2.88 bits per heavy atom. The van der Waals surface area contributed by atoms with Gasteiger partial charge in [-0.15, -0.1) is 0 Å². The number of para-hydroxylation sites is 1. The van der Waals surface area contributed by atoms with E-state index in [0.717, 1.165) is 0 Å². The molecule has 0 aliphatic carbocycles. The lowest BCUT2D eigenvalue weighted by Gasteiger charge is -2.15. The molecule has 0 bridgehead atoms. The van der Waals surface area contributed by atoms with Crippen LogP contribution in [0.3, 0.4) is 0 Å². The molecule has 1 aromatic carbocycles. The molecular weight excluding hydrogens is 312 g/mol. The Labute approximate surface area is 137 Å². The molecule has 1 saturated heterocycles. The van der Waals surface area contributed by atoms with Gasteiger partial charge in [-0.3, -0.25) is 19.3 Å². The third-order valence-electron chi connectivity index (χ3n) is 4.18. The maximum Gasteiger partial charge on any atom is 0.323 e. The van der Waals surface area contributed by atoms with Crippen LogP contribution in [-0.2, 0) is 9.53 Å². The summed E-state index contributed by atoms with van der Waals surface area (Å²) in [5.41, 5.74) is 0.101. The lowest BCUT2D eigenvalue weighted by atomic mass is 10.1. The first-order valence-corrected chi connectivity index (χ1v) is 7.57. The van der Waals surface area contributed by atoms with Crippen LogP contribution in [0.25, 0.3) is 10.9 Å². The van der Waals surface area contributed by atoms with Gasteiger partial charge in [0.05, 0.1) is 18.0 Å². The Hall–Kier alpha value is -2.74. The molecule has 8 heteroatoms. The van der Waals surface area contributed by atoms with Gasteiger partial charge >= 0.3 is 5.97 Å². The van der Waals surface area contributed by atoms with Gasteiger partial charge in [0.2, 0.25) is 0 Å². The van der Waals surface area contributed by atoms with Gasteiger partial charge in [-0.1, -0.05) is 12.1 Å². The number of carbonyl (C=O) groups excluding carboxylic acids is 2. The van der Waals surface area contributed by atoms with Crippen molar-refractivity contribution < 1.29 is 14.3 Å². The minimum absolute atomic E-state index is 0.0390. The molecule has 3 rings (SSSR count). The van der Waals surface area contributed by atoms with E-state index < -0.39 is 5.91 Å². The van der Waals surface area contributed by atoms with Crippen LogP contribution < -0.4 is 10.9 Å². The number of hydrogen-bond acceptors (Lipinski definition) is 6. The number of aromatic nitrogens is 2. The number of esters is 1. The fourth-order valence-electron chi connectivity index (χ4n) is 2.96. The second-order valence-corrected chi connectivity index (χ2v) is 5.82. The van der Waals surface area contributed by atoms with Crippen LogP contribution >= 0.6 is 0 Å². The number of rotatable bonds is 3. The van der Waals surface area contributed by atoms with Gasteiger partial charge in [-0.25, -0.2) is 4.98 Å². The monoisotopic (exact) mass is 330 g/mol. The minimum atomic E-state index is -0.471. The summed E-state index contributed by atoms with van der Waals surface area (Å²) in [4.78, 5) is 44.6. The predicted octanol–water partition coefficient (Wildman–Crippen LogP) is -0.101. The third-order valence-corrected chi connectivity index (χ3v) is 4.18. The van der Waals surface area contributed by atoms with E-state index >= 15 is 0 Å². The van der Waals surface area contributed by atoms with Crippen molar-refractivity contribution in [2.75, 3.05) is 20.7 Å². The van der Waals surface area contributed by atoms with Gasteiger partial charge in [0.15, 0.2) is 5.82 Å². The number of H-pyrrole nitrogens is 1. The molecule has 2 heterocycles. The Bertz CT molecular complexity index is 847. The zero-order valence-corrected chi connectivity index (χ0v) is 13.4. The number of likely N-dealkylation sites (N-methyl/N-ethyl adjacent to an activating group) is 1. The van der Waals surface area contributed by atoms with Crippen molar-refractivity contribution in [3.05, 3.63) is 40.4 Å². The topological polar surface area (TPSA) is 104 Å². The maximum absolute atomic E-state index is 12.4. The smallest absolute Gasteiger partial charge is 0.323 e. The van der Waals surface area contributed by atoms with E-state index in [2.05, 4.69) is 15.3 Å². The van der Waals surface area contributed by atoms with Crippen LogP contribution in [0, 0.1) is 0 Å². The van der Waals surface area contributed by atoms with E-state index in [1.807, 2.05) is 4.90 Å². The summed E-state index contributed by atoms with van der Waals surface area (Å²) in [6, 6.07) is 6.21. The molecule has 2 atom stereocenters. The summed E-state index contributed by atoms with van der Waals surface area (Å²) in [7, 11) is 3.13. The minimum Gasteiger partial charge on any atom is -0.468 e. The van der Waals surface area contributed by atoms with Crippen molar-refractivity contribution >= 4 is 22.8 Å². The summed E-state index contributed by atoms with van der Waals surface area (Å²) in [5.74, 6) is -0.837. The van der Waals surface area contributed by atoms with Gasteiger partial charge in [0, 0.05) is 12.6 Å². The summed E-state index contributed by atoms with van der Waals surface area (Å²) in [5, 5.41) is 3.24. The third kappa shape index (κ3) is 3.00. The second-order valence-electron chi connectivity index (χ2n) is 5.82. The van der Waals surface area contributed by atoms with Crippen LogP contribution in [0.1, 0.15) is 17.0 Å². The Kier molecular flexibility index (Phi) is 4.30. The van der Waals surface area contributed by atoms with Gasteiger partial charge in [0.1, 0.15) is 6.04 Å². The number of benzene rings is 1. The molecule has 1 amide bonds. The van der Waals surface area contributed by atoms with Crippen LogP contribution in [0.4, 0.5) is 0 Å². The molecule has 0 radical (unpaired) electrons. The SMILES string of the molecule is COC(=O)[C@@H]1C[C@@H](NC(=O)c2nc3ccccc3c(=O)[nH]2)CN1C. The molecule has 2 aromatic rings. The molecule has 0 spiro atoms. The predicted molar refractivity (Wildman–Crippen MR) is 86.7 cm³/mol. The molecule has 2 N–H and O–H groups in total. The van der Waals surface area contributed by atoms with Crippen molar-refractivity contribution in [2.45, 2.75) is 18.5 Å². The first-order chi connectivity index (χ1) is 11.5. The van der Waals surface area contributed by atoms with Crippen molar-refractivity contribution in [2.24, 2.45) is 0 Å². The van der Waals surface area contributed by atoms with Crippen LogP contribution in [0.2, 0.25) is 0 Å². The molecule has 0 saturated carbocycles. The largest absolute Gasteiger partial charge is 0.468 e. The van der Waals surface area contributed by atoms with Gasteiger partial charge in [-0.05, 0) is 25.6 Å². The molecule has 24 heavy (non-hydrogen) atoms. The highest BCUT2D eigenvalue weighted by atomic mass is 16.5. The fraction of sp³-hybridized carbons (Fsp3) is 0.375. The number of methoxy groups -OCH3 is 1. The van der Waals surface area contributed by atoms with Crippen LogP contribution in [0.15, 0.2) is 29.1 Å². The molecule has 126 valence electrons. The van der Waals surface area contributed by atoms with Gasteiger partial charge in [0.25, 0.3) is 11.5 Å². The quantitative estimate of drug-likeness (QED) is 0.762.